The molecule has 0 bridgehead atoms. The van der Waals surface area contributed by atoms with Gasteiger partial charge >= 0.3 is 18.5 Å². The van der Waals surface area contributed by atoms with E-state index in [9.17, 15) is 52.3 Å². The number of halogens is 11. The van der Waals surface area contributed by atoms with Gasteiger partial charge in [0.1, 0.15) is 0 Å². The molecule has 0 radical (unpaired) electrons. The number of nitrogens with zero attached hydrogens (tertiary/aromatic N) is 1. The molecule has 16 heteroatoms. The zero-order chi connectivity index (χ0) is 24.9. The van der Waals surface area contributed by atoms with Gasteiger partial charge in [0.15, 0.2) is 0 Å². The highest BCUT2D eigenvalue weighted by molar-refractivity contribution is 7.89. The summed E-state index contributed by atoms with van der Waals surface area (Å²) in [6.45, 7) is 0.684. The number of sulfonamides is 1. The molecule has 0 saturated carbocycles. The standard InChI is InChI=1S/C16H27F10N2O2S.ClH/c1-28(2,3)9-6-8-27-31(29,30)10-5-4-7-12(14(18,19)20)11-13(17,15(21,22)23)16(24,25)26;/h12,27H,4-11H2,1-3H3;1H/q+1;/p-1. The van der Waals surface area contributed by atoms with Crippen molar-refractivity contribution in [3.8, 4) is 0 Å². The fraction of sp³-hybridized carbons (Fsp3) is 1.00. The Hall–Kier alpha value is -0.540. The molecule has 0 aromatic rings. The van der Waals surface area contributed by atoms with Crippen LogP contribution in [-0.2, 0) is 10.0 Å². The molecular formula is C16H27ClF10N2O2S. The highest BCUT2D eigenvalue weighted by Gasteiger charge is 2.73. The number of quaternary nitrogens is 1. The second-order valence-corrected chi connectivity index (χ2v) is 10.2. The molecule has 0 aromatic heterocycles. The van der Waals surface area contributed by atoms with E-state index in [2.05, 4.69) is 4.72 Å². The van der Waals surface area contributed by atoms with E-state index in [-0.39, 0.29) is 19.0 Å². The summed E-state index contributed by atoms with van der Waals surface area (Å²) in [4.78, 5) is 0. The van der Waals surface area contributed by atoms with Crippen LogP contribution in [0.4, 0.5) is 43.9 Å². The smallest absolute Gasteiger partial charge is 0.431 e. The summed E-state index contributed by atoms with van der Waals surface area (Å²) in [5.74, 6) is -3.91. The average molecular weight is 537 g/mol. The predicted molar refractivity (Wildman–Crippen MR) is 93.3 cm³/mol. The van der Waals surface area contributed by atoms with Gasteiger partial charge in [-0.1, -0.05) is 6.42 Å². The van der Waals surface area contributed by atoms with Gasteiger partial charge in [-0.15, -0.1) is 0 Å². The first-order valence-electron chi connectivity index (χ1n) is 9.19. The van der Waals surface area contributed by atoms with Gasteiger partial charge in [-0.2, -0.15) is 39.5 Å². The summed E-state index contributed by atoms with van der Waals surface area (Å²) in [5, 5.41) is 0. The van der Waals surface area contributed by atoms with Crippen molar-refractivity contribution >= 4 is 10.0 Å². The van der Waals surface area contributed by atoms with Crippen LogP contribution in [0, 0.1) is 5.92 Å². The molecule has 0 rings (SSSR count). The van der Waals surface area contributed by atoms with E-state index >= 15 is 0 Å². The molecule has 0 spiro atoms. The first kappa shape index (κ1) is 33.6. The van der Waals surface area contributed by atoms with Gasteiger partial charge in [0, 0.05) is 19.4 Å². The summed E-state index contributed by atoms with van der Waals surface area (Å²) in [7, 11) is 1.72. The van der Waals surface area contributed by atoms with Crippen molar-refractivity contribution in [2.75, 3.05) is 40.0 Å². The maximum absolute atomic E-state index is 13.7. The molecule has 0 heterocycles. The van der Waals surface area contributed by atoms with Crippen molar-refractivity contribution in [3.63, 3.8) is 0 Å². The van der Waals surface area contributed by atoms with Crippen LogP contribution >= 0.6 is 0 Å². The Morgan fingerprint density at radius 2 is 1.28 bits per heavy atom. The van der Waals surface area contributed by atoms with Crippen LogP contribution in [0.3, 0.4) is 0 Å². The third kappa shape index (κ3) is 11.5. The minimum atomic E-state index is -6.59. The van der Waals surface area contributed by atoms with E-state index < -0.39 is 71.6 Å². The largest absolute Gasteiger partial charge is 1.00 e. The molecule has 32 heavy (non-hydrogen) atoms. The zero-order valence-corrected chi connectivity index (χ0v) is 19.1. The molecule has 1 N–H and O–H groups in total. The van der Waals surface area contributed by atoms with Crippen LogP contribution in [0.15, 0.2) is 0 Å². The second kappa shape index (κ2) is 11.7. The SMILES string of the molecule is C[N+](C)(C)CCCNS(=O)(=O)CCCCC(CC(F)(C(F)(F)F)C(F)(F)F)C(F)(F)F.[Cl-]. The lowest BCUT2D eigenvalue weighted by atomic mass is 9.87. The molecule has 0 aliphatic carbocycles. The summed E-state index contributed by atoms with van der Waals surface area (Å²) in [6.07, 6.45) is -23.5. The van der Waals surface area contributed by atoms with Crippen molar-refractivity contribution in [1.82, 2.24) is 4.72 Å². The van der Waals surface area contributed by atoms with E-state index in [1.165, 1.54) is 0 Å². The molecule has 0 saturated heterocycles. The second-order valence-electron chi connectivity index (χ2n) is 8.32. The number of hydrogen-bond donors (Lipinski definition) is 1. The van der Waals surface area contributed by atoms with Gasteiger partial charge in [0.25, 0.3) is 5.67 Å². The number of alkyl halides is 10. The fourth-order valence-corrected chi connectivity index (χ4v) is 3.83. The average Bonchev–Trinajstić information content (AvgIpc) is 2.50. The summed E-state index contributed by atoms with van der Waals surface area (Å²) >= 11 is 0. The molecule has 4 nitrogen and oxygen atoms in total. The van der Waals surface area contributed by atoms with E-state index in [1.807, 2.05) is 21.1 Å². The van der Waals surface area contributed by atoms with Gasteiger partial charge in [0.05, 0.1) is 39.4 Å². The zero-order valence-electron chi connectivity index (χ0n) is 17.6. The number of nitrogens with one attached hydrogen (secondary N) is 1. The number of hydrogen-bond acceptors (Lipinski definition) is 2. The van der Waals surface area contributed by atoms with E-state index in [4.69, 9.17) is 0 Å². The monoisotopic (exact) mass is 536 g/mol. The van der Waals surface area contributed by atoms with Crippen LogP contribution in [0.25, 0.3) is 0 Å². The van der Waals surface area contributed by atoms with E-state index in [1.54, 1.807) is 0 Å². The Balaban J connectivity index is 0. The van der Waals surface area contributed by atoms with Crippen molar-refractivity contribution in [2.24, 2.45) is 5.92 Å². The first-order chi connectivity index (χ1) is 13.5. The maximum atomic E-state index is 13.7. The van der Waals surface area contributed by atoms with Crippen LogP contribution in [0.5, 0.6) is 0 Å². The predicted octanol–water partition coefficient (Wildman–Crippen LogP) is 1.58. The molecule has 0 aliphatic rings. The van der Waals surface area contributed by atoms with Crippen LogP contribution in [0.2, 0.25) is 0 Å². The molecule has 0 aliphatic heterocycles. The Labute approximate surface area is 186 Å². The molecule has 0 aromatic carbocycles. The molecule has 1 atom stereocenters. The number of unbranched alkanes of at least 4 members (excludes halogenated alkanes) is 1. The number of rotatable bonds is 12. The van der Waals surface area contributed by atoms with Gasteiger partial charge < -0.3 is 16.9 Å². The Morgan fingerprint density at radius 3 is 1.66 bits per heavy atom. The lowest BCUT2D eigenvalue weighted by Gasteiger charge is -2.33. The molecule has 0 fully saturated rings. The van der Waals surface area contributed by atoms with Crippen LogP contribution in [0.1, 0.15) is 32.1 Å². The van der Waals surface area contributed by atoms with Gasteiger partial charge in [-0.3, -0.25) is 0 Å². The summed E-state index contributed by atoms with van der Waals surface area (Å²) in [6, 6.07) is 0. The maximum Gasteiger partial charge on any atom is 0.431 e. The Kier molecular flexibility index (Phi) is 12.3. The lowest BCUT2D eigenvalue weighted by molar-refractivity contribution is -0.870. The third-order valence-electron chi connectivity index (χ3n) is 4.43. The molecule has 196 valence electrons. The minimum Gasteiger partial charge on any atom is -1.00 e. The van der Waals surface area contributed by atoms with Crippen molar-refractivity contribution in [2.45, 2.75) is 56.3 Å². The first-order valence-corrected chi connectivity index (χ1v) is 10.8. The Morgan fingerprint density at radius 1 is 0.812 bits per heavy atom. The quantitative estimate of drug-likeness (QED) is 0.234. The van der Waals surface area contributed by atoms with Crippen LogP contribution < -0.4 is 17.1 Å². The topological polar surface area (TPSA) is 46.2 Å². The van der Waals surface area contributed by atoms with Crippen molar-refractivity contribution < 1.29 is 69.2 Å². The highest BCUT2D eigenvalue weighted by atomic mass is 35.5. The van der Waals surface area contributed by atoms with Gasteiger partial charge in [-0.05, 0) is 12.8 Å². The van der Waals surface area contributed by atoms with Gasteiger partial charge in [-0.25, -0.2) is 17.5 Å². The highest BCUT2D eigenvalue weighted by Crippen LogP contribution is 2.52. The summed E-state index contributed by atoms with van der Waals surface area (Å²) in [5.41, 5.74) is -6.03. The molecule has 1 unspecified atom stereocenters. The summed E-state index contributed by atoms with van der Waals surface area (Å²) < 4.78 is 154. The normalized spacial score (nSPS) is 15.4. The molecule has 0 amide bonds. The Bertz CT molecular complexity index is 644. The molecular weight excluding hydrogens is 510 g/mol. The van der Waals surface area contributed by atoms with Crippen molar-refractivity contribution in [1.29, 1.82) is 0 Å². The van der Waals surface area contributed by atoms with Crippen LogP contribution in [-0.4, -0.2) is 77.1 Å². The fourth-order valence-electron chi connectivity index (χ4n) is 2.65. The van der Waals surface area contributed by atoms with E-state index in [0.29, 0.717) is 17.4 Å². The van der Waals surface area contributed by atoms with E-state index in [0.717, 1.165) is 0 Å². The third-order valence-corrected chi connectivity index (χ3v) is 5.90. The van der Waals surface area contributed by atoms with Crippen molar-refractivity contribution in [3.05, 3.63) is 0 Å². The van der Waals surface area contributed by atoms with Gasteiger partial charge in [0.2, 0.25) is 10.0 Å². The minimum absolute atomic E-state index is 0. The lowest BCUT2D eigenvalue weighted by Crippen LogP contribution is -3.00.